The molecule has 100 valence electrons. The molecule has 18 heavy (non-hydrogen) atoms. The summed E-state index contributed by atoms with van der Waals surface area (Å²) >= 11 is 0. The lowest BCUT2D eigenvalue weighted by Crippen LogP contribution is -2.41. The van der Waals surface area contributed by atoms with Gasteiger partial charge in [0.25, 0.3) is 0 Å². The highest BCUT2D eigenvalue weighted by Gasteiger charge is 2.10. The standard InChI is InChI=1S/C14H22N2O2/c1-5-10(2)15-14(17)16-11(3)12-6-8-13(18-4)9-7-12/h6-11H,5H2,1-4H3,(H2,15,16,17)/t10-,11+/m0/s1. The average Bonchev–Trinajstić information content (AvgIpc) is 2.38. The molecular weight excluding hydrogens is 228 g/mol. The first-order valence-electron chi connectivity index (χ1n) is 6.27. The number of ether oxygens (including phenoxy) is 1. The number of urea groups is 1. The molecule has 0 fully saturated rings. The lowest BCUT2D eigenvalue weighted by molar-refractivity contribution is 0.234. The van der Waals surface area contributed by atoms with Crippen molar-refractivity contribution in [3.05, 3.63) is 29.8 Å². The molecule has 2 N–H and O–H groups in total. The summed E-state index contributed by atoms with van der Waals surface area (Å²) in [6, 6.07) is 7.71. The highest BCUT2D eigenvalue weighted by molar-refractivity contribution is 5.74. The van der Waals surface area contributed by atoms with Gasteiger partial charge in [-0.15, -0.1) is 0 Å². The van der Waals surface area contributed by atoms with Gasteiger partial charge in [0.15, 0.2) is 0 Å². The van der Waals surface area contributed by atoms with Crippen LogP contribution in [0.1, 0.15) is 38.8 Å². The van der Waals surface area contributed by atoms with Crippen LogP contribution in [0, 0.1) is 0 Å². The Balaban J connectivity index is 2.53. The quantitative estimate of drug-likeness (QED) is 0.844. The Hall–Kier alpha value is -1.71. The van der Waals surface area contributed by atoms with Crippen LogP contribution in [0.3, 0.4) is 0 Å². The Kier molecular flexibility index (Phi) is 5.49. The normalized spacial score (nSPS) is 13.6. The van der Waals surface area contributed by atoms with Gasteiger partial charge in [0.05, 0.1) is 13.2 Å². The Bertz CT molecular complexity index is 376. The zero-order valence-electron chi connectivity index (χ0n) is 11.5. The Labute approximate surface area is 109 Å². The third kappa shape index (κ3) is 4.28. The minimum atomic E-state index is -0.132. The van der Waals surface area contributed by atoms with Crippen molar-refractivity contribution in [1.82, 2.24) is 10.6 Å². The number of methoxy groups -OCH3 is 1. The van der Waals surface area contributed by atoms with E-state index in [1.54, 1.807) is 7.11 Å². The molecule has 2 atom stereocenters. The van der Waals surface area contributed by atoms with E-state index in [9.17, 15) is 4.79 Å². The summed E-state index contributed by atoms with van der Waals surface area (Å²) in [5.74, 6) is 0.815. The molecule has 0 radical (unpaired) electrons. The van der Waals surface area contributed by atoms with Crippen LogP contribution in [-0.2, 0) is 0 Å². The van der Waals surface area contributed by atoms with Gasteiger partial charge >= 0.3 is 6.03 Å². The fourth-order valence-electron chi connectivity index (χ4n) is 1.54. The van der Waals surface area contributed by atoms with Gasteiger partial charge in [-0.05, 0) is 38.0 Å². The SMILES string of the molecule is CC[C@H](C)NC(=O)N[C@H](C)c1ccc(OC)cc1. The first-order chi connectivity index (χ1) is 8.56. The van der Waals surface area contributed by atoms with E-state index in [2.05, 4.69) is 10.6 Å². The van der Waals surface area contributed by atoms with E-state index >= 15 is 0 Å². The number of hydrogen-bond donors (Lipinski definition) is 2. The number of rotatable bonds is 5. The average molecular weight is 250 g/mol. The molecule has 0 saturated heterocycles. The third-order valence-electron chi connectivity index (χ3n) is 2.95. The summed E-state index contributed by atoms with van der Waals surface area (Å²) in [4.78, 5) is 11.7. The minimum Gasteiger partial charge on any atom is -0.497 e. The number of amides is 2. The van der Waals surface area contributed by atoms with Gasteiger partial charge in [0.2, 0.25) is 0 Å². The van der Waals surface area contributed by atoms with Crippen LogP contribution in [0.15, 0.2) is 24.3 Å². The van der Waals surface area contributed by atoms with Crippen LogP contribution in [0.25, 0.3) is 0 Å². The van der Waals surface area contributed by atoms with Crippen molar-refractivity contribution < 1.29 is 9.53 Å². The summed E-state index contributed by atoms with van der Waals surface area (Å²) in [7, 11) is 1.64. The van der Waals surface area contributed by atoms with Gasteiger partial charge in [-0.2, -0.15) is 0 Å². The zero-order chi connectivity index (χ0) is 13.5. The second-order valence-electron chi connectivity index (χ2n) is 4.42. The lowest BCUT2D eigenvalue weighted by atomic mass is 10.1. The molecule has 0 aliphatic carbocycles. The van der Waals surface area contributed by atoms with Crippen molar-refractivity contribution in [3.8, 4) is 5.75 Å². The summed E-state index contributed by atoms with van der Waals surface area (Å²) in [6.07, 6.45) is 0.921. The van der Waals surface area contributed by atoms with Crippen LogP contribution in [0.2, 0.25) is 0 Å². The van der Waals surface area contributed by atoms with Crippen molar-refractivity contribution in [3.63, 3.8) is 0 Å². The molecular formula is C14H22N2O2. The first kappa shape index (κ1) is 14.4. The predicted octanol–water partition coefficient (Wildman–Crippen LogP) is 2.85. The Morgan fingerprint density at radius 1 is 1.22 bits per heavy atom. The predicted molar refractivity (Wildman–Crippen MR) is 72.8 cm³/mol. The minimum absolute atomic E-state index is 0.0278. The van der Waals surface area contributed by atoms with E-state index in [4.69, 9.17) is 4.74 Å². The molecule has 0 spiro atoms. The van der Waals surface area contributed by atoms with E-state index in [1.807, 2.05) is 45.0 Å². The molecule has 1 rings (SSSR count). The van der Waals surface area contributed by atoms with E-state index in [1.165, 1.54) is 0 Å². The van der Waals surface area contributed by atoms with Gasteiger partial charge in [-0.1, -0.05) is 19.1 Å². The van der Waals surface area contributed by atoms with Crippen LogP contribution >= 0.6 is 0 Å². The van der Waals surface area contributed by atoms with Crippen molar-refractivity contribution in [2.45, 2.75) is 39.3 Å². The number of nitrogens with one attached hydrogen (secondary N) is 2. The second kappa shape index (κ2) is 6.89. The summed E-state index contributed by atoms with van der Waals surface area (Å²) in [6.45, 7) is 5.98. The molecule has 1 aromatic carbocycles. The summed E-state index contributed by atoms with van der Waals surface area (Å²) < 4.78 is 5.10. The van der Waals surface area contributed by atoms with Gasteiger partial charge < -0.3 is 15.4 Å². The Morgan fingerprint density at radius 3 is 2.33 bits per heavy atom. The van der Waals surface area contributed by atoms with Gasteiger partial charge in [0.1, 0.15) is 5.75 Å². The third-order valence-corrected chi connectivity index (χ3v) is 2.95. The highest BCUT2D eigenvalue weighted by atomic mass is 16.5. The van der Waals surface area contributed by atoms with Gasteiger partial charge in [-0.25, -0.2) is 4.79 Å². The topological polar surface area (TPSA) is 50.4 Å². The number of carbonyl (C=O) groups is 1. The van der Waals surface area contributed by atoms with Crippen molar-refractivity contribution in [2.24, 2.45) is 0 Å². The molecule has 0 saturated carbocycles. The maximum Gasteiger partial charge on any atom is 0.315 e. The van der Waals surface area contributed by atoms with Crippen molar-refractivity contribution in [2.75, 3.05) is 7.11 Å². The van der Waals surface area contributed by atoms with Gasteiger partial charge in [-0.3, -0.25) is 0 Å². The number of carbonyl (C=O) groups excluding carboxylic acids is 1. The lowest BCUT2D eigenvalue weighted by Gasteiger charge is -2.17. The van der Waals surface area contributed by atoms with E-state index in [0.717, 1.165) is 17.7 Å². The molecule has 0 heterocycles. The molecule has 0 bridgehead atoms. The summed E-state index contributed by atoms with van der Waals surface area (Å²) in [5.41, 5.74) is 1.05. The van der Waals surface area contributed by atoms with Crippen molar-refractivity contribution >= 4 is 6.03 Å². The molecule has 0 aliphatic rings. The molecule has 2 amide bonds. The van der Waals surface area contributed by atoms with Gasteiger partial charge in [0, 0.05) is 6.04 Å². The zero-order valence-corrected chi connectivity index (χ0v) is 11.5. The monoisotopic (exact) mass is 250 g/mol. The maximum atomic E-state index is 11.7. The highest BCUT2D eigenvalue weighted by Crippen LogP contribution is 2.16. The van der Waals surface area contributed by atoms with E-state index in [-0.39, 0.29) is 18.1 Å². The van der Waals surface area contributed by atoms with Crippen LogP contribution in [0.4, 0.5) is 4.79 Å². The molecule has 0 aromatic heterocycles. The van der Waals surface area contributed by atoms with E-state index < -0.39 is 0 Å². The largest absolute Gasteiger partial charge is 0.497 e. The molecule has 4 heteroatoms. The van der Waals surface area contributed by atoms with Crippen LogP contribution in [-0.4, -0.2) is 19.2 Å². The summed E-state index contributed by atoms with van der Waals surface area (Å²) in [5, 5.41) is 5.79. The smallest absolute Gasteiger partial charge is 0.315 e. The first-order valence-corrected chi connectivity index (χ1v) is 6.27. The van der Waals surface area contributed by atoms with Crippen LogP contribution in [0.5, 0.6) is 5.75 Å². The fourth-order valence-corrected chi connectivity index (χ4v) is 1.54. The molecule has 4 nitrogen and oxygen atoms in total. The second-order valence-corrected chi connectivity index (χ2v) is 4.42. The van der Waals surface area contributed by atoms with Crippen LogP contribution < -0.4 is 15.4 Å². The maximum absolute atomic E-state index is 11.7. The Morgan fingerprint density at radius 2 is 1.83 bits per heavy atom. The number of hydrogen-bond acceptors (Lipinski definition) is 2. The molecule has 0 unspecified atom stereocenters. The van der Waals surface area contributed by atoms with Crippen molar-refractivity contribution in [1.29, 1.82) is 0 Å². The molecule has 1 aromatic rings. The molecule has 0 aliphatic heterocycles. The number of benzene rings is 1. The fraction of sp³-hybridized carbons (Fsp3) is 0.500. The van der Waals surface area contributed by atoms with E-state index in [0.29, 0.717) is 0 Å².